The van der Waals surface area contributed by atoms with Crippen LogP contribution in [0.4, 0.5) is 0 Å². The van der Waals surface area contributed by atoms with E-state index in [-0.39, 0.29) is 0 Å². The summed E-state index contributed by atoms with van der Waals surface area (Å²) >= 11 is 0. The monoisotopic (exact) mass is 222 g/mol. The molecule has 2 rings (SSSR count). The minimum absolute atomic E-state index is 1.12. The van der Waals surface area contributed by atoms with E-state index in [9.17, 15) is 0 Å². The van der Waals surface area contributed by atoms with Crippen molar-refractivity contribution in [3.8, 4) is 0 Å². The Morgan fingerprint density at radius 1 is 0.882 bits per heavy atom. The van der Waals surface area contributed by atoms with Crippen molar-refractivity contribution in [1.82, 2.24) is 0 Å². The summed E-state index contributed by atoms with van der Waals surface area (Å²) in [6.45, 7) is 2.22. The van der Waals surface area contributed by atoms with Crippen molar-refractivity contribution in [3.63, 3.8) is 0 Å². The fraction of sp³-hybridized carbons (Fsp3) is 0.176. The van der Waals surface area contributed by atoms with Crippen molar-refractivity contribution in [2.24, 2.45) is 0 Å². The molecule has 0 heteroatoms. The lowest BCUT2D eigenvalue weighted by atomic mass is 9.99. The van der Waals surface area contributed by atoms with E-state index < -0.39 is 0 Å². The quantitative estimate of drug-likeness (QED) is 0.637. The molecule has 0 unspecified atom stereocenters. The van der Waals surface area contributed by atoms with E-state index in [2.05, 4.69) is 73.7 Å². The van der Waals surface area contributed by atoms with Gasteiger partial charge in [0.15, 0.2) is 0 Å². The molecule has 0 aliphatic carbocycles. The SMILES string of the molecule is CCC/C(=C\c1ccccc1)c1ccccc1. The molecule has 0 radical (unpaired) electrons. The summed E-state index contributed by atoms with van der Waals surface area (Å²) in [6, 6.07) is 21.2. The van der Waals surface area contributed by atoms with Crippen molar-refractivity contribution >= 4 is 11.6 Å². The van der Waals surface area contributed by atoms with Crippen molar-refractivity contribution in [3.05, 3.63) is 71.8 Å². The van der Waals surface area contributed by atoms with Gasteiger partial charge in [-0.3, -0.25) is 0 Å². The van der Waals surface area contributed by atoms with Gasteiger partial charge in [0.1, 0.15) is 0 Å². The Balaban J connectivity index is 2.33. The Morgan fingerprint density at radius 2 is 1.47 bits per heavy atom. The first kappa shape index (κ1) is 11.7. The summed E-state index contributed by atoms with van der Waals surface area (Å²) in [7, 11) is 0. The molecular formula is C17H18. The molecule has 0 N–H and O–H groups in total. The molecule has 17 heavy (non-hydrogen) atoms. The number of benzene rings is 2. The van der Waals surface area contributed by atoms with Crippen LogP contribution in [0.1, 0.15) is 30.9 Å². The second-order valence-electron chi connectivity index (χ2n) is 4.20. The Bertz CT molecular complexity index is 466. The van der Waals surface area contributed by atoms with Gasteiger partial charge in [-0.15, -0.1) is 0 Å². The molecule has 2 aromatic carbocycles. The predicted octanol–water partition coefficient (Wildman–Crippen LogP) is 5.03. The van der Waals surface area contributed by atoms with Crippen LogP contribution in [0, 0.1) is 0 Å². The van der Waals surface area contributed by atoms with Crippen molar-refractivity contribution in [2.75, 3.05) is 0 Å². The molecule has 0 spiro atoms. The van der Waals surface area contributed by atoms with Crippen LogP contribution in [0.5, 0.6) is 0 Å². The normalized spacial score (nSPS) is 11.5. The van der Waals surface area contributed by atoms with Gasteiger partial charge >= 0.3 is 0 Å². The third kappa shape index (κ3) is 3.32. The second kappa shape index (κ2) is 6.05. The van der Waals surface area contributed by atoms with Crippen LogP contribution in [0.3, 0.4) is 0 Å². The minimum Gasteiger partial charge on any atom is -0.0651 e. The molecule has 0 saturated carbocycles. The van der Waals surface area contributed by atoms with Gasteiger partial charge in [-0.05, 0) is 23.1 Å². The van der Waals surface area contributed by atoms with Gasteiger partial charge in [-0.25, -0.2) is 0 Å². The maximum absolute atomic E-state index is 2.29. The zero-order valence-electron chi connectivity index (χ0n) is 10.3. The smallest absolute Gasteiger partial charge is 0.0224 e. The highest BCUT2D eigenvalue weighted by Crippen LogP contribution is 2.22. The summed E-state index contributed by atoms with van der Waals surface area (Å²) in [5, 5.41) is 0. The minimum atomic E-state index is 1.12. The van der Waals surface area contributed by atoms with Gasteiger partial charge in [-0.1, -0.05) is 80.1 Å². The van der Waals surface area contributed by atoms with E-state index in [0.29, 0.717) is 0 Å². The molecule has 0 aromatic heterocycles. The van der Waals surface area contributed by atoms with Crippen LogP contribution in [0.25, 0.3) is 11.6 Å². The summed E-state index contributed by atoms with van der Waals surface area (Å²) in [4.78, 5) is 0. The summed E-state index contributed by atoms with van der Waals surface area (Å²) in [6.07, 6.45) is 4.59. The number of allylic oxidation sites excluding steroid dienone is 1. The van der Waals surface area contributed by atoms with E-state index >= 15 is 0 Å². The lowest BCUT2D eigenvalue weighted by Crippen LogP contribution is -1.84. The van der Waals surface area contributed by atoms with E-state index in [0.717, 1.165) is 6.42 Å². The molecule has 0 aliphatic rings. The average molecular weight is 222 g/mol. The molecule has 0 aliphatic heterocycles. The Labute approximate surface area is 104 Å². The summed E-state index contributed by atoms with van der Waals surface area (Å²) in [5.74, 6) is 0. The van der Waals surface area contributed by atoms with E-state index in [1.54, 1.807) is 0 Å². The molecule has 0 bridgehead atoms. The van der Waals surface area contributed by atoms with E-state index in [1.165, 1.54) is 23.1 Å². The fourth-order valence-corrected chi connectivity index (χ4v) is 1.97. The van der Waals surface area contributed by atoms with Crippen LogP contribution in [-0.2, 0) is 0 Å². The van der Waals surface area contributed by atoms with Crippen LogP contribution in [0.2, 0.25) is 0 Å². The van der Waals surface area contributed by atoms with Crippen LogP contribution in [-0.4, -0.2) is 0 Å². The van der Waals surface area contributed by atoms with Gasteiger partial charge in [0.25, 0.3) is 0 Å². The molecule has 0 heterocycles. The molecule has 86 valence electrons. The van der Waals surface area contributed by atoms with Crippen molar-refractivity contribution < 1.29 is 0 Å². The fourth-order valence-electron chi connectivity index (χ4n) is 1.97. The number of rotatable bonds is 4. The van der Waals surface area contributed by atoms with Gasteiger partial charge < -0.3 is 0 Å². The average Bonchev–Trinajstić information content (AvgIpc) is 2.40. The zero-order chi connectivity index (χ0) is 11.9. The molecule has 0 saturated heterocycles. The summed E-state index contributed by atoms with van der Waals surface area (Å²) in [5.41, 5.74) is 4.03. The highest BCUT2D eigenvalue weighted by atomic mass is 14.0. The van der Waals surface area contributed by atoms with Gasteiger partial charge in [0, 0.05) is 0 Å². The third-order valence-electron chi connectivity index (χ3n) is 2.80. The predicted molar refractivity (Wildman–Crippen MR) is 75.7 cm³/mol. The van der Waals surface area contributed by atoms with Crippen LogP contribution >= 0.6 is 0 Å². The van der Waals surface area contributed by atoms with Crippen LogP contribution < -0.4 is 0 Å². The maximum Gasteiger partial charge on any atom is -0.0224 e. The first-order valence-electron chi connectivity index (χ1n) is 6.21. The second-order valence-corrected chi connectivity index (χ2v) is 4.20. The topological polar surface area (TPSA) is 0 Å². The van der Waals surface area contributed by atoms with Crippen molar-refractivity contribution in [1.29, 1.82) is 0 Å². The van der Waals surface area contributed by atoms with Crippen molar-refractivity contribution in [2.45, 2.75) is 19.8 Å². The highest BCUT2D eigenvalue weighted by Gasteiger charge is 1.99. The van der Waals surface area contributed by atoms with Gasteiger partial charge in [0.05, 0.1) is 0 Å². The largest absolute Gasteiger partial charge is 0.0651 e. The zero-order valence-corrected chi connectivity index (χ0v) is 10.3. The molecule has 0 nitrogen and oxygen atoms in total. The highest BCUT2D eigenvalue weighted by molar-refractivity contribution is 5.81. The van der Waals surface area contributed by atoms with Crippen LogP contribution in [0.15, 0.2) is 60.7 Å². The third-order valence-corrected chi connectivity index (χ3v) is 2.80. The first-order valence-corrected chi connectivity index (χ1v) is 6.21. The Hall–Kier alpha value is -1.82. The maximum atomic E-state index is 2.29. The number of hydrogen-bond acceptors (Lipinski definition) is 0. The van der Waals surface area contributed by atoms with E-state index in [1.807, 2.05) is 0 Å². The Kier molecular flexibility index (Phi) is 4.15. The van der Waals surface area contributed by atoms with E-state index in [4.69, 9.17) is 0 Å². The molecule has 2 aromatic rings. The molecule has 0 amide bonds. The lowest BCUT2D eigenvalue weighted by molar-refractivity contribution is 0.976. The summed E-state index contributed by atoms with van der Waals surface area (Å²) < 4.78 is 0. The molecular weight excluding hydrogens is 204 g/mol. The Morgan fingerprint density at radius 3 is 2.06 bits per heavy atom. The van der Waals surface area contributed by atoms with Gasteiger partial charge in [0.2, 0.25) is 0 Å². The lowest BCUT2D eigenvalue weighted by Gasteiger charge is -2.06. The first-order chi connectivity index (χ1) is 8.40. The standard InChI is InChI=1S/C17H18/c1-2-9-17(16-12-7-4-8-13-16)14-15-10-5-3-6-11-15/h3-8,10-14H,2,9H2,1H3/b17-14+. The van der Waals surface area contributed by atoms with Gasteiger partial charge in [-0.2, -0.15) is 0 Å². The molecule has 0 atom stereocenters. The molecule has 0 fully saturated rings. The number of hydrogen-bond donors (Lipinski definition) is 0.